The number of nitrogens with zero attached hydrogens (tertiary/aromatic N) is 1. The van der Waals surface area contributed by atoms with Crippen molar-refractivity contribution in [1.29, 1.82) is 0 Å². The summed E-state index contributed by atoms with van der Waals surface area (Å²) in [5.74, 6) is 3.47. The van der Waals surface area contributed by atoms with E-state index in [-0.39, 0.29) is 92.9 Å². The van der Waals surface area contributed by atoms with E-state index in [1.54, 1.807) is 7.11 Å². The van der Waals surface area contributed by atoms with Gasteiger partial charge in [0.05, 0.1) is 24.9 Å². The maximum atomic E-state index is 12.2. The number of phenols is 1. The topological polar surface area (TPSA) is 133 Å². The van der Waals surface area contributed by atoms with Gasteiger partial charge in [0.25, 0.3) is 0 Å². The molecule has 4 heterocycles. The molecule has 7 saturated carbocycles. The number of nitrogens with one attached hydrogen (secondary N) is 1. The molecule has 5 N–H and O–H groups in total. The molecule has 10 nitrogen and oxygen atoms in total. The van der Waals surface area contributed by atoms with Crippen molar-refractivity contribution < 1.29 is 39.4 Å². The first-order valence-electron chi connectivity index (χ1n) is 25.6. The Kier molecular flexibility index (Phi) is 9.99. The summed E-state index contributed by atoms with van der Waals surface area (Å²) in [4.78, 5) is 2.80. The molecule has 4 spiro atoms. The number of piperidine rings is 2. The van der Waals surface area contributed by atoms with Crippen molar-refractivity contribution in [2.24, 2.45) is 44.8 Å². The molecule has 4 aliphatic heterocycles. The van der Waals surface area contributed by atoms with Gasteiger partial charge in [0.1, 0.15) is 17.8 Å². The molecule has 364 valence electrons. The summed E-state index contributed by atoms with van der Waals surface area (Å²) < 4.78 is 26.1. The van der Waals surface area contributed by atoms with Crippen LogP contribution >= 0.6 is 24.0 Å². The molecule has 13 aliphatic rings. The number of aromatic hydroxyl groups is 1. The van der Waals surface area contributed by atoms with Crippen molar-refractivity contribution in [2.75, 3.05) is 40.5 Å². The zero-order valence-electron chi connectivity index (χ0n) is 41.4. The Morgan fingerprint density at radius 2 is 1.36 bits per heavy atom. The molecule has 14 atom stereocenters. The maximum Gasteiger partial charge on any atom is 0.165 e. The van der Waals surface area contributed by atoms with Gasteiger partial charge in [-0.1, -0.05) is 53.7 Å². The van der Waals surface area contributed by atoms with Gasteiger partial charge in [-0.3, -0.25) is 4.90 Å². The fraction of sp³-hybridized carbons (Fsp3) is 0.782. The van der Waals surface area contributed by atoms with Gasteiger partial charge in [-0.2, -0.15) is 0 Å². The molecule has 2 aromatic rings. The van der Waals surface area contributed by atoms with Crippen LogP contribution < -0.4 is 19.5 Å². The van der Waals surface area contributed by atoms with Crippen molar-refractivity contribution in [1.82, 2.24) is 10.2 Å². The van der Waals surface area contributed by atoms with Gasteiger partial charge < -0.3 is 44.7 Å². The van der Waals surface area contributed by atoms with Crippen molar-refractivity contribution >= 4 is 24.0 Å². The van der Waals surface area contributed by atoms with E-state index in [0.717, 1.165) is 94.7 Å². The van der Waals surface area contributed by atoms with Crippen LogP contribution in [0.3, 0.4) is 0 Å². The first-order valence-corrected chi connectivity index (χ1v) is 25.6. The van der Waals surface area contributed by atoms with E-state index in [1.807, 2.05) is 27.0 Å². The molecule has 9 fully saturated rings. The van der Waals surface area contributed by atoms with Gasteiger partial charge in [-0.15, -0.1) is 24.0 Å². The summed E-state index contributed by atoms with van der Waals surface area (Å²) >= 11 is 0. The molecular formula is C55H79IN2O8. The summed E-state index contributed by atoms with van der Waals surface area (Å²) in [6.07, 6.45) is 12.4. The maximum absolute atomic E-state index is 12.2. The van der Waals surface area contributed by atoms with E-state index in [1.165, 1.54) is 41.6 Å². The Labute approximate surface area is 410 Å². The summed E-state index contributed by atoms with van der Waals surface area (Å²) in [5.41, 5.74) is 1.78. The number of methoxy groups -OCH3 is 2. The zero-order chi connectivity index (χ0) is 45.9. The van der Waals surface area contributed by atoms with E-state index >= 15 is 0 Å². The van der Waals surface area contributed by atoms with Crippen molar-refractivity contribution in [3.05, 3.63) is 46.5 Å². The minimum absolute atomic E-state index is 0. The van der Waals surface area contributed by atoms with Gasteiger partial charge in [0.2, 0.25) is 0 Å². The molecule has 0 radical (unpaired) electrons. The smallest absolute Gasteiger partial charge is 0.165 e. The van der Waals surface area contributed by atoms with Crippen LogP contribution in [0.15, 0.2) is 24.3 Å². The lowest BCUT2D eigenvalue weighted by Gasteiger charge is -2.76. The van der Waals surface area contributed by atoms with Crippen molar-refractivity contribution in [3.63, 3.8) is 0 Å². The van der Waals surface area contributed by atoms with E-state index < -0.39 is 22.2 Å². The molecule has 2 saturated heterocycles. The van der Waals surface area contributed by atoms with Gasteiger partial charge in [0.15, 0.2) is 23.0 Å². The highest BCUT2D eigenvalue weighted by atomic mass is 127. The van der Waals surface area contributed by atoms with Gasteiger partial charge >= 0.3 is 0 Å². The molecule has 2 aromatic carbocycles. The molecule has 11 heteroatoms. The van der Waals surface area contributed by atoms with E-state index in [4.69, 9.17) is 18.9 Å². The first-order chi connectivity index (χ1) is 30.6. The van der Waals surface area contributed by atoms with Crippen LogP contribution in [0.2, 0.25) is 0 Å². The standard InChI is InChI=1S/C29H41NO4.C26H37NO4.HI/c1-25(2,3)26(4,33)20-14-28-10-9-27(20,16-31)24-29(28)11-12-30(15-17-5-6-17)21(28)13-18-7-8-19(32)23(34-24)22(18)29;1-22(2,3)23(4,28)17-14-24-9-10-26(17,30-6)21-25(24)11-12-27-18(24)13-15-7-8-16(29-5)20(31-21)19(15)25;/h7-8,17,20-21,24,31-33H,5-6,9-16H2,1-4H3;7-8,17-18,21,27-28H,9-14H2,1-6H3;1H/t20-,21-,24+,26+,27-,28-,29+;17-,18-,21-,23+,24-,25+,26-;/m11./s1. The van der Waals surface area contributed by atoms with E-state index in [2.05, 4.69) is 70.0 Å². The molecule has 0 unspecified atom stereocenters. The second-order valence-electron chi connectivity index (χ2n) is 26.1. The largest absolute Gasteiger partial charge is 0.504 e. The number of likely N-dealkylation sites (tertiary alicyclic amines) is 1. The lowest BCUT2D eigenvalue weighted by Crippen LogP contribution is -2.83. The van der Waals surface area contributed by atoms with Crippen molar-refractivity contribution in [3.8, 4) is 23.0 Å². The summed E-state index contributed by atoms with van der Waals surface area (Å²) in [5, 5.41) is 50.2. The number of hydrogen-bond acceptors (Lipinski definition) is 10. The highest BCUT2D eigenvalue weighted by molar-refractivity contribution is 14.0. The molecule has 0 amide bonds. The number of benzene rings is 2. The minimum Gasteiger partial charge on any atom is -0.504 e. The predicted octanol–water partition coefficient (Wildman–Crippen LogP) is 8.22. The van der Waals surface area contributed by atoms with Crippen molar-refractivity contribution in [2.45, 2.75) is 184 Å². The number of ether oxygens (including phenoxy) is 4. The fourth-order valence-electron chi connectivity index (χ4n) is 18.4. The minimum atomic E-state index is -0.944. The number of aliphatic hydroxyl groups excluding tert-OH is 1. The average molecular weight is 1020 g/mol. The monoisotopic (exact) mass is 1020 g/mol. The molecule has 15 rings (SSSR count). The Hall–Kier alpha value is -1.87. The third-order valence-electron chi connectivity index (χ3n) is 22.6. The quantitative estimate of drug-likeness (QED) is 0.173. The van der Waals surface area contributed by atoms with Crippen LogP contribution in [0, 0.1) is 44.8 Å². The third kappa shape index (κ3) is 5.16. The number of fused-ring (bicyclic) bond motifs is 4. The molecular weight excluding hydrogens is 944 g/mol. The van der Waals surface area contributed by atoms with Crippen LogP contribution in [0.25, 0.3) is 0 Å². The zero-order valence-corrected chi connectivity index (χ0v) is 43.8. The summed E-state index contributed by atoms with van der Waals surface area (Å²) in [6, 6.07) is 9.12. The third-order valence-corrected chi connectivity index (χ3v) is 22.6. The number of aliphatic hydroxyl groups is 3. The van der Waals surface area contributed by atoms with Crippen LogP contribution in [0.4, 0.5) is 0 Å². The van der Waals surface area contributed by atoms with Crippen LogP contribution in [-0.2, 0) is 28.4 Å². The number of rotatable bonds is 7. The second kappa shape index (κ2) is 14.2. The summed E-state index contributed by atoms with van der Waals surface area (Å²) in [7, 11) is 3.57. The Morgan fingerprint density at radius 1 is 0.742 bits per heavy atom. The predicted molar refractivity (Wildman–Crippen MR) is 264 cm³/mol. The van der Waals surface area contributed by atoms with Crippen LogP contribution in [0.1, 0.15) is 142 Å². The number of halogens is 1. The normalized spacial score (nSPS) is 43.2. The highest BCUT2D eigenvalue weighted by Crippen LogP contribution is 2.80. The van der Waals surface area contributed by atoms with Gasteiger partial charge in [0, 0.05) is 69.9 Å². The van der Waals surface area contributed by atoms with Gasteiger partial charge in [-0.25, -0.2) is 0 Å². The molecule has 0 aromatic heterocycles. The second-order valence-corrected chi connectivity index (χ2v) is 26.1. The fourth-order valence-corrected chi connectivity index (χ4v) is 18.4. The van der Waals surface area contributed by atoms with Crippen LogP contribution in [-0.4, -0.2) is 107 Å². The SMILES string of the molecule is CC(C)(C)[C@@](C)(O)[C@H]1C[C@@]23CC[C@]1(CO)[C@@H]1Oc4c(O)ccc5c4[C@@]12CCN(CC1CC1)[C@@H]3C5.COc1ccc2c3c1O[C@H]1[C@@]4(OC)CC[C@@]5(C[C@@H]4[C@](C)(O)C(C)(C)C)[C@@H](C2)NCC[C@]315.I. The summed E-state index contributed by atoms with van der Waals surface area (Å²) in [6.45, 7) is 20.2. The molecule has 8 bridgehead atoms. The van der Waals surface area contributed by atoms with Crippen LogP contribution in [0.5, 0.6) is 23.0 Å². The Morgan fingerprint density at radius 3 is 2.03 bits per heavy atom. The Bertz CT molecular complexity index is 2340. The number of hydrogen-bond donors (Lipinski definition) is 5. The van der Waals surface area contributed by atoms with E-state index in [0.29, 0.717) is 17.8 Å². The lowest BCUT2D eigenvalue weighted by molar-refractivity contribution is -0.303. The van der Waals surface area contributed by atoms with E-state index in [9.17, 15) is 20.4 Å². The average Bonchev–Trinajstić information content (AvgIpc) is 3.89. The van der Waals surface area contributed by atoms with Gasteiger partial charge in [-0.05, 0) is 150 Å². The molecule has 66 heavy (non-hydrogen) atoms. The Balaban J connectivity index is 0.000000144. The number of phenolic OH excluding ortho intramolecular Hbond substituents is 1. The highest BCUT2D eigenvalue weighted by Gasteiger charge is 2.83. The lowest BCUT2D eigenvalue weighted by atomic mass is 9.31. The first kappa shape index (κ1) is 46.5. The molecule has 9 aliphatic carbocycles.